The van der Waals surface area contributed by atoms with E-state index >= 15 is 0 Å². The fraction of sp³-hybridized carbons (Fsp3) is 0.300. The molecule has 18 heteroatoms. The highest BCUT2D eigenvalue weighted by atomic mass is 31.3. The molecule has 154 valence electrons. The highest BCUT2D eigenvalue weighted by Gasteiger charge is 2.33. The van der Waals surface area contributed by atoms with Gasteiger partial charge in [-0.15, -0.1) is 0 Å². The second-order valence-electron chi connectivity index (χ2n) is 4.95. The van der Waals surface area contributed by atoms with E-state index in [1.165, 1.54) is 0 Å². The summed E-state index contributed by atoms with van der Waals surface area (Å²) in [7, 11) is -10.6. The maximum absolute atomic E-state index is 11.7. The summed E-state index contributed by atoms with van der Waals surface area (Å²) in [6, 6.07) is 0. The third-order valence-electron chi connectivity index (χ3n) is 2.92. The zero-order valence-electron chi connectivity index (χ0n) is 13.5. The molecule has 1 unspecified atom stereocenters. The zero-order valence-corrected chi connectivity index (χ0v) is 15.3. The van der Waals surface area contributed by atoms with Crippen LogP contribution in [0.4, 0.5) is 5.95 Å². The zero-order chi connectivity index (χ0) is 21.1. The Bertz CT molecular complexity index is 1030. The van der Waals surface area contributed by atoms with Gasteiger partial charge in [0.1, 0.15) is 6.10 Å². The normalized spacial score (nSPS) is 16.4. The molecular weight excluding hydrogens is 428 g/mol. The Hall–Kier alpha value is -2.29. The van der Waals surface area contributed by atoms with E-state index < -0.39 is 40.1 Å². The number of phosphoric acid groups is 2. The van der Waals surface area contributed by atoms with Gasteiger partial charge in [0.05, 0.1) is 12.9 Å². The van der Waals surface area contributed by atoms with Crippen molar-refractivity contribution in [2.24, 2.45) is 0 Å². The summed E-state index contributed by atoms with van der Waals surface area (Å²) in [5.74, 6) is -0.282. The Morgan fingerprint density at radius 2 is 1.96 bits per heavy atom. The molecule has 0 aliphatic heterocycles. The molecule has 0 bridgehead atoms. The van der Waals surface area contributed by atoms with Gasteiger partial charge in [0, 0.05) is 0 Å². The number of hydrogen-bond acceptors (Lipinski definition) is 11. The van der Waals surface area contributed by atoms with Crippen LogP contribution in [0.5, 0.6) is 0 Å². The van der Waals surface area contributed by atoms with Crippen LogP contribution in [-0.2, 0) is 32.3 Å². The monoisotopic (exact) mass is 441 g/mol. The van der Waals surface area contributed by atoms with Crippen LogP contribution in [0.15, 0.2) is 11.1 Å². The molecular formula is C10H13N5O11P2. The van der Waals surface area contributed by atoms with E-state index in [2.05, 4.69) is 23.8 Å². The van der Waals surface area contributed by atoms with Gasteiger partial charge in [-0.2, -0.15) is 9.29 Å². The molecule has 28 heavy (non-hydrogen) atoms. The van der Waals surface area contributed by atoms with E-state index in [1.54, 1.807) is 0 Å². The average Bonchev–Trinajstić information content (AvgIpc) is 2.97. The maximum atomic E-state index is 11.7. The lowest BCUT2D eigenvalue weighted by atomic mass is 10.4. The Labute approximate surface area is 154 Å². The summed E-state index contributed by atoms with van der Waals surface area (Å²) in [4.78, 5) is 70.1. The molecule has 0 aliphatic rings. The second-order valence-corrected chi connectivity index (χ2v) is 7.78. The van der Waals surface area contributed by atoms with Crippen molar-refractivity contribution >= 4 is 45.3 Å². The first-order valence-corrected chi connectivity index (χ1v) is 10.0. The molecule has 6 N–H and O–H groups in total. The summed E-state index contributed by atoms with van der Waals surface area (Å²) in [5.41, 5.74) is 4.39. The van der Waals surface area contributed by atoms with Crippen molar-refractivity contribution in [3.05, 3.63) is 16.7 Å². The largest absolute Gasteiger partial charge is 0.481 e. The summed E-state index contributed by atoms with van der Waals surface area (Å²) in [5, 5.41) is 0. The first-order valence-electron chi connectivity index (χ1n) is 6.98. The molecule has 0 saturated heterocycles. The van der Waals surface area contributed by atoms with E-state index in [1.807, 2.05) is 0 Å². The van der Waals surface area contributed by atoms with Crippen molar-refractivity contribution in [3.63, 3.8) is 0 Å². The number of nitrogen functional groups attached to an aromatic ring is 1. The number of carbonyl (C=O) groups excluding carboxylic acids is 2. The number of aromatic nitrogens is 4. The number of nitrogens with one attached hydrogen (secondary N) is 1. The van der Waals surface area contributed by atoms with Crippen molar-refractivity contribution in [2.75, 3.05) is 12.3 Å². The third kappa shape index (κ3) is 5.60. The molecule has 0 radical (unpaired) electrons. The molecule has 0 amide bonds. The van der Waals surface area contributed by atoms with Crippen LogP contribution in [0.25, 0.3) is 11.2 Å². The van der Waals surface area contributed by atoms with E-state index in [0.29, 0.717) is 0 Å². The summed E-state index contributed by atoms with van der Waals surface area (Å²) in [6.07, 6.45) is -1.96. The lowest BCUT2D eigenvalue weighted by Crippen LogP contribution is -2.27. The van der Waals surface area contributed by atoms with Gasteiger partial charge in [-0.25, -0.2) is 14.1 Å². The number of aromatic amines is 1. The molecule has 0 aliphatic carbocycles. The van der Waals surface area contributed by atoms with Crippen molar-refractivity contribution in [1.29, 1.82) is 0 Å². The number of hydrogen-bond donors (Lipinski definition) is 5. The minimum Gasteiger partial charge on any atom is -0.369 e. The standard InChI is InChI=1S/C10H13N5O11P2/c11-10-13-8-7(9(18)14-10)12-4-15(8)6(2-17)25-5(1-16)3-24-28(22,23)26-27(19,20)21/h1-2,4-6H,3H2,(H,22,23)(H2,19,20,21)(H3,11,13,14,18)/t5-,6+/m0/s1. The van der Waals surface area contributed by atoms with Crippen LogP contribution in [0.3, 0.4) is 0 Å². The quantitative estimate of drug-likeness (QED) is 0.202. The van der Waals surface area contributed by atoms with Crippen molar-refractivity contribution in [1.82, 2.24) is 19.5 Å². The van der Waals surface area contributed by atoms with Crippen LogP contribution >= 0.6 is 15.6 Å². The minimum atomic E-state index is -5.35. The Morgan fingerprint density at radius 1 is 1.29 bits per heavy atom. The number of ether oxygens (including phenoxy) is 1. The van der Waals surface area contributed by atoms with Crippen molar-refractivity contribution in [3.8, 4) is 0 Å². The maximum Gasteiger partial charge on any atom is 0.481 e. The van der Waals surface area contributed by atoms with Gasteiger partial charge < -0.3 is 29.9 Å². The predicted molar refractivity (Wildman–Crippen MR) is 87.5 cm³/mol. The molecule has 0 spiro atoms. The minimum absolute atomic E-state index is 0.0850. The number of carbonyl (C=O) groups is 2. The molecule has 2 heterocycles. The van der Waals surface area contributed by atoms with Crippen molar-refractivity contribution in [2.45, 2.75) is 12.3 Å². The number of anilines is 1. The topological polar surface area (TPSA) is 246 Å². The van der Waals surface area contributed by atoms with Gasteiger partial charge >= 0.3 is 15.6 Å². The SMILES string of the molecule is Nc1nc2c(ncn2[C@@H](C=O)O[C@@H](C=O)COP(=O)(O)OP(=O)(O)O)c(=O)[nH]1. The average molecular weight is 441 g/mol. The molecule has 16 nitrogen and oxygen atoms in total. The molecule has 0 fully saturated rings. The number of imidazole rings is 1. The van der Waals surface area contributed by atoms with Gasteiger partial charge in [0.2, 0.25) is 5.95 Å². The summed E-state index contributed by atoms with van der Waals surface area (Å²) < 4.78 is 35.8. The summed E-state index contributed by atoms with van der Waals surface area (Å²) in [6.45, 7) is -1.01. The fourth-order valence-electron chi connectivity index (χ4n) is 1.91. The number of H-pyrrole nitrogens is 1. The molecule has 2 aromatic rings. The molecule has 2 rings (SSSR count). The van der Waals surface area contributed by atoms with Crippen molar-refractivity contribution < 1.29 is 47.0 Å². The third-order valence-corrected chi connectivity index (χ3v) is 5.07. The Morgan fingerprint density at radius 3 is 2.54 bits per heavy atom. The lowest BCUT2D eigenvalue weighted by Gasteiger charge is -2.19. The summed E-state index contributed by atoms with van der Waals surface area (Å²) >= 11 is 0. The number of nitrogens with two attached hydrogens (primary N) is 1. The lowest BCUT2D eigenvalue weighted by molar-refractivity contribution is -0.139. The van der Waals surface area contributed by atoms with Crippen LogP contribution in [0.1, 0.15) is 6.23 Å². The molecule has 0 aromatic carbocycles. The first kappa shape index (κ1) is 22.0. The number of fused-ring (bicyclic) bond motifs is 1. The highest BCUT2D eigenvalue weighted by molar-refractivity contribution is 7.60. The van der Waals surface area contributed by atoms with Crippen LogP contribution in [-0.4, -0.2) is 59.5 Å². The number of rotatable bonds is 10. The number of aldehydes is 2. The van der Waals surface area contributed by atoms with Gasteiger partial charge in [-0.3, -0.25) is 23.7 Å². The predicted octanol–water partition coefficient (Wildman–Crippen LogP) is -1.79. The Kier molecular flexibility index (Phi) is 6.59. The van der Waals surface area contributed by atoms with Crippen LogP contribution in [0.2, 0.25) is 0 Å². The van der Waals surface area contributed by atoms with Gasteiger partial charge in [-0.1, -0.05) is 0 Å². The highest BCUT2D eigenvalue weighted by Crippen LogP contribution is 2.57. The second kappa shape index (κ2) is 8.38. The van der Waals surface area contributed by atoms with E-state index in [4.69, 9.17) is 20.3 Å². The molecule has 3 atom stereocenters. The van der Waals surface area contributed by atoms with Gasteiger partial charge in [0.25, 0.3) is 5.56 Å². The van der Waals surface area contributed by atoms with E-state index in [9.17, 15) is 28.4 Å². The van der Waals surface area contributed by atoms with E-state index in [-0.39, 0.29) is 29.7 Å². The fourth-order valence-corrected chi connectivity index (χ4v) is 3.51. The molecule has 2 aromatic heterocycles. The van der Waals surface area contributed by atoms with Crippen LogP contribution < -0.4 is 11.3 Å². The number of phosphoric ester groups is 1. The first-order chi connectivity index (χ1) is 13.0. The van der Waals surface area contributed by atoms with Gasteiger partial charge in [-0.05, 0) is 0 Å². The van der Waals surface area contributed by atoms with Crippen LogP contribution in [0, 0.1) is 0 Å². The van der Waals surface area contributed by atoms with Gasteiger partial charge in [0.15, 0.2) is 30.0 Å². The Balaban J connectivity index is 2.18. The number of nitrogens with zero attached hydrogens (tertiary/aromatic N) is 3. The molecule has 0 saturated carbocycles. The van der Waals surface area contributed by atoms with E-state index in [0.717, 1.165) is 10.9 Å². The smallest absolute Gasteiger partial charge is 0.369 e.